The number of piperidine rings is 1. The number of hydrogen-bond donors (Lipinski definition) is 3. The smallest absolute Gasteiger partial charge is 0.277 e. The second-order valence-corrected chi connectivity index (χ2v) is 8.41. The van der Waals surface area contributed by atoms with Gasteiger partial charge in [-0.05, 0) is 31.1 Å². The maximum absolute atomic E-state index is 12.6. The van der Waals surface area contributed by atoms with Crippen LogP contribution in [-0.4, -0.2) is 49.3 Å². The molecule has 0 unspecified atom stereocenters. The van der Waals surface area contributed by atoms with Gasteiger partial charge in [-0.2, -0.15) is 0 Å². The molecular weight excluding hydrogens is 420 g/mol. The molecule has 4 rings (SSSR count). The van der Waals surface area contributed by atoms with Gasteiger partial charge in [-0.1, -0.05) is 17.7 Å². The molecule has 0 atom stereocenters. The molecule has 1 aliphatic heterocycles. The van der Waals surface area contributed by atoms with Crippen molar-refractivity contribution in [2.24, 2.45) is 5.41 Å². The van der Waals surface area contributed by atoms with E-state index in [9.17, 15) is 9.59 Å². The first-order valence-electron chi connectivity index (χ1n) is 10.2. The minimum absolute atomic E-state index is 0.000272. The first-order valence-corrected chi connectivity index (χ1v) is 10.6. The monoisotopic (exact) mass is 444 g/mol. The van der Waals surface area contributed by atoms with Crippen molar-refractivity contribution >= 4 is 35.1 Å². The first-order chi connectivity index (χ1) is 14.8. The third kappa shape index (κ3) is 4.63. The van der Waals surface area contributed by atoms with Crippen molar-refractivity contribution in [2.45, 2.75) is 38.6 Å². The van der Waals surface area contributed by atoms with Crippen molar-refractivity contribution in [3.8, 4) is 0 Å². The number of aromatic nitrogens is 4. The van der Waals surface area contributed by atoms with Crippen LogP contribution in [0.25, 0.3) is 0 Å². The summed E-state index contributed by atoms with van der Waals surface area (Å²) in [4.78, 5) is 38.8. The number of nitrogens with one attached hydrogen (secondary N) is 1. The van der Waals surface area contributed by atoms with E-state index in [1.54, 1.807) is 12.5 Å². The number of nitrogens with two attached hydrogens (primary N) is 2. The predicted molar refractivity (Wildman–Crippen MR) is 116 cm³/mol. The molecule has 1 saturated heterocycles. The van der Waals surface area contributed by atoms with Crippen LogP contribution in [0.3, 0.4) is 0 Å². The topological polar surface area (TPSA) is 145 Å². The number of allylic oxidation sites excluding steroid dienone is 2. The van der Waals surface area contributed by atoms with E-state index in [1.165, 1.54) is 0 Å². The number of rotatable bonds is 5. The van der Waals surface area contributed by atoms with Crippen LogP contribution in [-0.2, 0) is 11.3 Å². The van der Waals surface area contributed by atoms with Crippen molar-refractivity contribution < 1.29 is 9.59 Å². The second kappa shape index (κ2) is 8.54. The Hall–Kier alpha value is -3.14. The maximum atomic E-state index is 12.6. The van der Waals surface area contributed by atoms with Crippen molar-refractivity contribution in [1.29, 1.82) is 0 Å². The van der Waals surface area contributed by atoms with Crippen LogP contribution in [0.1, 0.15) is 42.6 Å². The number of carbonyl (C=O) groups is 2. The van der Waals surface area contributed by atoms with Gasteiger partial charge < -0.3 is 26.3 Å². The number of imidazole rings is 1. The Balaban J connectivity index is 1.32. The highest BCUT2D eigenvalue weighted by Gasteiger charge is 2.38. The lowest BCUT2D eigenvalue weighted by Crippen LogP contribution is -2.42. The number of hydrogen-bond acceptors (Lipinski definition) is 7. The van der Waals surface area contributed by atoms with Gasteiger partial charge in [-0.15, -0.1) is 0 Å². The van der Waals surface area contributed by atoms with Crippen LogP contribution in [0.15, 0.2) is 30.5 Å². The zero-order valence-electron chi connectivity index (χ0n) is 17.1. The minimum atomic E-state index is -0.456. The lowest BCUT2D eigenvalue weighted by Gasteiger charge is -2.38. The molecule has 0 radical (unpaired) electrons. The average Bonchev–Trinajstić information content (AvgIpc) is 3.40. The molecule has 164 valence electrons. The van der Waals surface area contributed by atoms with Crippen LogP contribution >= 0.6 is 11.6 Å². The summed E-state index contributed by atoms with van der Waals surface area (Å²) in [6, 6.07) is 0. The summed E-state index contributed by atoms with van der Waals surface area (Å²) in [5.41, 5.74) is 12.1. The summed E-state index contributed by atoms with van der Waals surface area (Å²) < 4.78 is 1.91. The lowest BCUT2D eigenvalue weighted by atomic mass is 9.78. The van der Waals surface area contributed by atoms with E-state index < -0.39 is 5.91 Å². The molecule has 11 heteroatoms. The molecule has 2 amide bonds. The van der Waals surface area contributed by atoms with Crippen molar-refractivity contribution in [3.05, 3.63) is 41.3 Å². The van der Waals surface area contributed by atoms with Crippen molar-refractivity contribution in [1.82, 2.24) is 29.7 Å². The van der Waals surface area contributed by atoms with Crippen LogP contribution in [0, 0.1) is 5.41 Å². The lowest BCUT2D eigenvalue weighted by molar-refractivity contribution is -0.133. The van der Waals surface area contributed by atoms with E-state index in [0.717, 1.165) is 31.4 Å². The quantitative estimate of drug-likeness (QED) is 0.634. The van der Waals surface area contributed by atoms with Crippen molar-refractivity contribution in [3.63, 3.8) is 0 Å². The molecule has 0 saturated carbocycles. The maximum Gasteiger partial charge on any atom is 0.277 e. The highest BCUT2D eigenvalue weighted by atomic mass is 35.5. The number of nitrogen functional groups attached to an aromatic ring is 2. The zero-order chi connectivity index (χ0) is 22.0. The zero-order valence-corrected chi connectivity index (χ0v) is 17.8. The number of halogens is 1. The predicted octanol–water partition coefficient (Wildman–Crippen LogP) is 1.60. The van der Waals surface area contributed by atoms with Gasteiger partial charge in [0.2, 0.25) is 5.91 Å². The Bertz CT molecular complexity index is 1010. The van der Waals surface area contributed by atoms with Crippen molar-refractivity contribution in [2.75, 3.05) is 24.6 Å². The number of aryl methyl sites for hydroxylation is 1. The number of anilines is 2. The highest BCUT2D eigenvalue weighted by Crippen LogP contribution is 2.43. The highest BCUT2D eigenvalue weighted by molar-refractivity contribution is 6.31. The van der Waals surface area contributed by atoms with Crippen LogP contribution in [0.5, 0.6) is 0 Å². The Labute approximate surface area is 184 Å². The van der Waals surface area contributed by atoms with E-state index in [0.29, 0.717) is 26.1 Å². The third-order valence-electron chi connectivity index (χ3n) is 6.02. The van der Waals surface area contributed by atoms with Gasteiger partial charge in [0, 0.05) is 44.1 Å². The summed E-state index contributed by atoms with van der Waals surface area (Å²) in [6.07, 6.45) is 11.3. The molecule has 3 heterocycles. The SMILES string of the molecule is Nc1nc(N)c(C(=O)NC2=CC3(CC2)CCN(C(=O)CCn2ccnc2)CC3)nc1Cl. The number of nitrogens with zero attached hydrogens (tertiary/aromatic N) is 5. The molecular formula is C20H25ClN8O2. The Kier molecular flexibility index (Phi) is 5.81. The van der Waals surface area contributed by atoms with Crippen LogP contribution in [0.2, 0.25) is 5.15 Å². The number of amides is 2. The van der Waals surface area contributed by atoms with E-state index in [4.69, 9.17) is 23.1 Å². The van der Waals surface area contributed by atoms with Gasteiger partial charge in [0.25, 0.3) is 5.91 Å². The molecule has 0 aromatic carbocycles. The summed E-state index contributed by atoms with van der Waals surface area (Å²) in [5.74, 6) is -0.369. The summed E-state index contributed by atoms with van der Waals surface area (Å²) in [7, 11) is 0. The normalized spacial score (nSPS) is 17.6. The first kappa shape index (κ1) is 21.1. The number of carbonyl (C=O) groups excluding carboxylic acids is 2. The van der Waals surface area contributed by atoms with E-state index in [-0.39, 0.29) is 33.8 Å². The van der Waals surface area contributed by atoms with E-state index in [1.807, 2.05) is 15.7 Å². The molecule has 1 aliphatic carbocycles. The largest absolute Gasteiger partial charge is 0.382 e. The molecule has 1 spiro atoms. The van der Waals surface area contributed by atoms with Gasteiger partial charge in [-0.3, -0.25) is 9.59 Å². The molecule has 2 aromatic heterocycles. The van der Waals surface area contributed by atoms with Crippen LogP contribution < -0.4 is 16.8 Å². The van der Waals surface area contributed by atoms with Gasteiger partial charge in [0.15, 0.2) is 22.5 Å². The molecule has 2 aromatic rings. The van der Waals surface area contributed by atoms with Gasteiger partial charge in [0.1, 0.15) is 0 Å². The fourth-order valence-corrected chi connectivity index (χ4v) is 4.33. The molecule has 1 fully saturated rings. The molecule has 0 bridgehead atoms. The fourth-order valence-electron chi connectivity index (χ4n) is 4.21. The molecule has 31 heavy (non-hydrogen) atoms. The van der Waals surface area contributed by atoms with Gasteiger partial charge >= 0.3 is 0 Å². The van der Waals surface area contributed by atoms with Crippen LogP contribution in [0.4, 0.5) is 11.6 Å². The average molecular weight is 445 g/mol. The Morgan fingerprint density at radius 2 is 1.94 bits per heavy atom. The summed E-state index contributed by atoms with van der Waals surface area (Å²) >= 11 is 5.87. The standard InChI is InChI=1S/C20H25ClN8O2/c21-16-18(23)27-17(22)15(26-16)19(31)25-13-1-3-20(11-13)4-8-29(9-5-20)14(30)2-7-28-10-6-24-12-28/h6,10-12H,1-5,7-9H2,(H,25,31)(H4,22,23,27). The Morgan fingerprint density at radius 1 is 1.16 bits per heavy atom. The molecule has 5 N–H and O–H groups in total. The van der Waals surface area contributed by atoms with E-state index >= 15 is 0 Å². The number of likely N-dealkylation sites (tertiary alicyclic amines) is 1. The van der Waals surface area contributed by atoms with E-state index in [2.05, 4.69) is 26.3 Å². The third-order valence-corrected chi connectivity index (χ3v) is 6.30. The van der Waals surface area contributed by atoms with Gasteiger partial charge in [-0.25, -0.2) is 15.0 Å². The Morgan fingerprint density at radius 3 is 2.65 bits per heavy atom. The minimum Gasteiger partial charge on any atom is -0.382 e. The summed E-state index contributed by atoms with van der Waals surface area (Å²) in [6.45, 7) is 2.07. The fraction of sp³-hybridized carbons (Fsp3) is 0.450. The second-order valence-electron chi connectivity index (χ2n) is 8.05. The molecule has 10 nitrogen and oxygen atoms in total. The van der Waals surface area contributed by atoms with Gasteiger partial charge in [0.05, 0.1) is 6.33 Å². The summed E-state index contributed by atoms with van der Waals surface area (Å²) in [5, 5.41) is 2.82. The molecule has 2 aliphatic rings.